The van der Waals surface area contributed by atoms with E-state index in [1.165, 1.54) is 6.07 Å². The highest BCUT2D eigenvalue weighted by molar-refractivity contribution is 5.61. The van der Waals surface area contributed by atoms with Crippen molar-refractivity contribution in [3.8, 4) is 11.3 Å². The van der Waals surface area contributed by atoms with Crippen LogP contribution < -0.4 is 10.6 Å². The number of benzene rings is 1. The van der Waals surface area contributed by atoms with E-state index in [4.69, 9.17) is 0 Å². The molecule has 1 unspecified atom stereocenters. The fourth-order valence-corrected chi connectivity index (χ4v) is 3.00. The van der Waals surface area contributed by atoms with Crippen molar-refractivity contribution in [3.63, 3.8) is 0 Å². The number of hydrogen-bond donors (Lipinski definition) is 2. The number of nitrogens with zero attached hydrogens (tertiary/aromatic N) is 4. The molecule has 2 aromatic heterocycles. The molecule has 0 aliphatic carbocycles. The van der Waals surface area contributed by atoms with Gasteiger partial charge in [-0.1, -0.05) is 6.07 Å². The average molecular weight is 338 g/mol. The summed E-state index contributed by atoms with van der Waals surface area (Å²) in [6, 6.07) is 7.24. The molecule has 128 valence electrons. The number of anilines is 1. The van der Waals surface area contributed by atoms with E-state index in [0.717, 1.165) is 25.1 Å². The molecule has 0 saturated carbocycles. The van der Waals surface area contributed by atoms with E-state index in [1.807, 2.05) is 18.3 Å². The predicted molar refractivity (Wildman–Crippen MR) is 93.7 cm³/mol. The second kappa shape index (κ2) is 6.98. The molecule has 1 aromatic carbocycles. The Kier molecular flexibility index (Phi) is 4.39. The summed E-state index contributed by atoms with van der Waals surface area (Å²) in [5, 5.41) is 10.8. The van der Waals surface area contributed by atoms with Gasteiger partial charge in [0, 0.05) is 30.5 Å². The summed E-state index contributed by atoms with van der Waals surface area (Å²) in [5.74, 6) is 0.362. The Morgan fingerprint density at radius 2 is 2.28 bits per heavy atom. The molecule has 25 heavy (non-hydrogen) atoms. The lowest BCUT2D eigenvalue weighted by Gasteiger charge is -2.13. The Hall–Kier alpha value is -2.80. The lowest BCUT2D eigenvalue weighted by atomic mass is 10.1. The summed E-state index contributed by atoms with van der Waals surface area (Å²) < 4.78 is 16.1. The molecule has 0 spiro atoms. The van der Waals surface area contributed by atoms with Crippen molar-refractivity contribution >= 4 is 5.82 Å². The average Bonchev–Trinajstić information content (AvgIpc) is 3.31. The molecule has 1 fully saturated rings. The van der Waals surface area contributed by atoms with Crippen LogP contribution in [0.5, 0.6) is 0 Å². The van der Waals surface area contributed by atoms with E-state index >= 15 is 0 Å². The zero-order valence-electron chi connectivity index (χ0n) is 13.7. The largest absolute Gasteiger partial charge is 0.365 e. The van der Waals surface area contributed by atoms with Crippen LogP contribution in [0.2, 0.25) is 0 Å². The topological polar surface area (TPSA) is 67.7 Å². The molecule has 1 aliphatic heterocycles. The van der Waals surface area contributed by atoms with Gasteiger partial charge in [0.1, 0.15) is 11.6 Å². The normalized spacial score (nSPS) is 16.9. The van der Waals surface area contributed by atoms with Crippen molar-refractivity contribution < 1.29 is 4.39 Å². The smallest absolute Gasteiger partial charge is 0.145 e. The third-order valence-corrected chi connectivity index (χ3v) is 4.26. The van der Waals surface area contributed by atoms with Crippen molar-refractivity contribution in [2.75, 3.05) is 18.4 Å². The Morgan fingerprint density at radius 1 is 1.32 bits per heavy atom. The highest BCUT2D eigenvalue weighted by Crippen LogP contribution is 2.23. The molecule has 0 bridgehead atoms. The first kappa shape index (κ1) is 15.7. The van der Waals surface area contributed by atoms with Crippen LogP contribution in [-0.4, -0.2) is 38.9 Å². The second-order valence-electron chi connectivity index (χ2n) is 6.14. The SMILES string of the molecule is Fc1ccc(Cn2cccn2)cc1-c1cncc(NC2CCNC2)n1. The number of halogens is 1. The van der Waals surface area contributed by atoms with Crippen LogP contribution >= 0.6 is 0 Å². The van der Waals surface area contributed by atoms with Crippen LogP contribution in [-0.2, 0) is 6.54 Å². The van der Waals surface area contributed by atoms with Crippen molar-refractivity contribution in [1.29, 1.82) is 0 Å². The van der Waals surface area contributed by atoms with Crippen LogP contribution in [0.4, 0.5) is 10.2 Å². The van der Waals surface area contributed by atoms with Gasteiger partial charge in [0.15, 0.2) is 0 Å². The highest BCUT2D eigenvalue weighted by Gasteiger charge is 2.15. The first-order valence-electron chi connectivity index (χ1n) is 8.33. The van der Waals surface area contributed by atoms with Gasteiger partial charge in [0.25, 0.3) is 0 Å². The number of aromatic nitrogens is 4. The molecule has 3 heterocycles. The van der Waals surface area contributed by atoms with Gasteiger partial charge < -0.3 is 10.6 Å². The molecule has 7 heteroatoms. The molecule has 3 aromatic rings. The first-order chi connectivity index (χ1) is 12.3. The van der Waals surface area contributed by atoms with E-state index < -0.39 is 0 Å². The van der Waals surface area contributed by atoms with Crippen LogP contribution in [0, 0.1) is 5.82 Å². The molecule has 0 radical (unpaired) electrons. The molecule has 4 rings (SSSR count). The second-order valence-corrected chi connectivity index (χ2v) is 6.14. The Labute approximate surface area is 145 Å². The lowest BCUT2D eigenvalue weighted by Crippen LogP contribution is -2.22. The zero-order valence-corrected chi connectivity index (χ0v) is 13.7. The van der Waals surface area contributed by atoms with Gasteiger partial charge in [-0.15, -0.1) is 0 Å². The minimum Gasteiger partial charge on any atom is -0.365 e. The summed E-state index contributed by atoms with van der Waals surface area (Å²) in [5.41, 5.74) is 1.93. The van der Waals surface area contributed by atoms with Crippen LogP contribution in [0.1, 0.15) is 12.0 Å². The minimum atomic E-state index is -0.307. The lowest BCUT2D eigenvalue weighted by molar-refractivity contribution is 0.627. The quantitative estimate of drug-likeness (QED) is 0.747. The van der Waals surface area contributed by atoms with Gasteiger partial charge in [-0.05, 0) is 36.7 Å². The van der Waals surface area contributed by atoms with E-state index in [2.05, 4.69) is 25.7 Å². The molecule has 1 atom stereocenters. The van der Waals surface area contributed by atoms with Gasteiger partial charge in [-0.25, -0.2) is 9.37 Å². The van der Waals surface area contributed by atoms with Gasteiger partial charge >= 0.3 is 0 Å². The predicted octanol–water partition coefficient (Wildman–Crippen LogP) is 2.30. The standard InChI is InChI=1S/C18H19FN6/c19-16-3-2-13(12-25-7-1-5-22-25)8-15(16)17-10-21-11-18(24-17)23-14-4-6-20-9-14/h1-3,5,7-8,10-11,14,20H,4,6,9,12H2,(H,23,24). The zero-order chi connectivity index (χ0) is 17.1. The first-order valence-corrected chi connectivity index (χ1v) is 8.33. The maximum atomic E-state index is 14.4. The Bertz CT molecular complexity index is 843. The van der Waals surface area contributed by atoms with Gasteiger partial charge in [-0.3, -0.25) is 9.67 Å². The third-order valence-electron chi connectivity index (χ3n) is 4.26. The summed E-state index contributed by atoms with van der Waals surface area (Å²) in [6.07, 6.45) is 7.91. The van der Waals surface area contributed by atoms with Crippen LogP contribution in [0.3, 0.4) is 0 Å². The highest BCUT2D eigenvalue weighted by atomic mass is 19.1. The van der Waals surface area contributed by atoms with E-state index in [9.17, 15) is 4.39 Å². The maximum Gasteiger partial charge on any atom is 0.145 e. The third kappa shape index (κ3) is 3.66. The van der Waals surface area contributed by atoms with Crippen molar-refractivity contribution in [2.45, 2.75) is 19.0 Å². The molecular weight excluding hydrogens is 319 g/mol. The van der Waals surface area contributed by atoms with Gasteiger partial charge in [0.05, 0.1) is 24.6 Å². The molecule has 1 aliphatic rings. The number of rotatable bonds is 5. The van der Waals surface area contributed by atoms with E-state index in [1.54, 1.807) is 29.3 Å². The molecule has 0 amide bonds. The Morgan fingerprint density at radius 3 is 3.08 bits per heavy atom. The molecule has 6 nitrogen and oxygen atoms in total. The number of nitrogens with one attached hydrogen (secondary N) is 2. The fourth-order valence-electron chi connectivity index (χ4n) is 3.00. The summed E-state index contributed by atoms with van der Waals surface area (Å²) >= 11 is 0. The van der Waals surface area contributed by atoms with Crippen molar-refractivity contribution in [3.05, 3.63) is 60.4 Å². The summed E-state index contributed by atoms with van der Waals surface area (Å²) in [6.45, 7) is 2.48. The number of hydrogen-bond acceptors (Lipinski definition) is 5. The fraction of sp³-hybridized carbons (Fsp3) is 0.278. The molecule has 1 saturated heterocycles. The monoisotopic (exact) mass is 338 g/mol. The van der Waals surface area contributed by atoms with Gasteiger partial charge in [-0.2, -0.15) is 5.10 Å². The Balaban J connectivity index is 1.59. The van der Waals surface area contributed by atoms with E-state index in [-0.39, 0.29) is 5.82 Å². The maximum absolute atomic E-state index is 14.4. The van der Waals surface area contributed by atoms with Crippen molar-refractivity contribution in [2.24, 2.45) is 0 Å². The summed E-state index contributed by atoms with van der Waals surface area (Å²) in [7, 11) is 0. The molecule has 2 N–H and O–H groups in total. The van der Waals surface area contributed by atoms with E-state index in [0.29, 0.717) is 29.7 Å². The van der Waals surface area contributed by atoms with Crippen LogP contribution in [0.15, 0.2) is 49.1 Å². The summed E-state index contributed by atoms with van der Waals surface area (Å²) in [4.78, 5) is 8.76. The molecular formula is C18H19FN6. The minimum absolute atomic E-state index is 0.307. The van der Waals surface area contributed by atoms with Gasteiger partial charge in [0.2, 0.25) is 0 Å². The van der Waals surface area contributed by atoms with Crippen molar-refractivity contribution in [1.82, 2.24) is 25.1 Å². The van der Waals surface area contributed by atoms with Crippen LogP contribution in [0.25, 0.3) is 11.3 Å².